The molecular weight excluding hydrogens is 224 g/mol. The van der Waals surface area contributed by atoms with Gasteiger partial charge in [0.15, 0.2) is 0 Å². The van der Waals surface area contributed by atoms with Crippen LogP contribution in [0, 0.1) is 0 Å². The highest BCUT2D eigenvalue weighted by atomic mass is 16.5. The molecule has 1 aliphatic heterocycles. The van der Waals surface area contributed by atoms with Gasteiger partial charge in [0, 0.05) is 32.6 Å². The fraction of sp³-hybridized carbons (Fsp3) is 0.636. The zero-order chi connectivity index (χ0) is 12.9. The van der Waals surface area contributed by atoms with Crippen molar-refractivity contribution in [2.45, 2.75) is 25.3 Å². The molecule has 0 saturated carbocycles. The van der Waals surface area contributed by atoms with Crippen molar-refractivity contribution in [1.82, 2.24) is 10.6 Å². The third-order valence-electron chi connectivity index (χ3n) is 2.66. The number of urea groups is 1. The number of amides is 2. The lowest BCUT2D eigenvalue weighted by Crippen LogP contribution is -2.59. The second-order valence-electron chi connectivity index (χ2n) is 4.26. The highest BCUT2D eigenvalue weighted by molar-refractivity contribution is 5.86. The lowest BCUT2D eigenvalue weighted by atomic mass is 9.90. The minimum absolute atomic E-state index is 0.281. The van der Waals surface area contributed by atoms with E-state index in [1.807, 2.05) is 0 Å². The van der Waals surface area contributed by atoms with Gasteiger partial charge in [-0.05, 0) is 6.92 Å². The van der Waals surface area contributed by atoms with Crippen LogP contribution in [0.4, 0.5) is 4.79 Å². The van der Waals surface area contributed by atoms with Crippen molar-refractivity contribution < 1.29 is 19.4 Å². The summed E-state index contributed by atoms with van der Waals surface area (Å²) in [5.41, 5.74) is -0.409. The molecule has 6 nitrogen and oxygen atoms in total. The Balaban J connectivity index is 2.57. The van der Waals surface area contributed by atoms with Gasteiger partial charge in [0.05, 0.1) is 0 Å². The second kappa shape index (κ2) is 5.67. The van der Waals surface area contributed by atoms with E-state index in [1.54, 1.807) is 6.92 Å². The third kappa shape index (κ3) is 3.74. The van der Waals surface area contributed by atoms with Gasteiger partial charge in [-0.1, -0.05) is 12.2 Å². The summed E-state index contributed by atoms with van der Waals surface area (Å²) < 4.78 is 5.11. The van der Waals surface area contributed by atoms with Crippen molar-refractivity contribution in [3.05, 3.63) is 12.2 Å². The smallest absolute Gasteiger partial charge is 0.329 e. The van der Waals surface area contributed by atoms with Crippen molar-refractivity contribution in [1.29, 1.82) is 0 Å². The molecule has 2 amide bonds. The zero-order valence-electron chi connectivity index (χ0n) is 9.91. The van der Waals surface area contributed by atoms with Crippen molar-refractivity contribution in [3.8, 4) is 0 Å². The summed E-state index contributed by atoms with van der Waals surface area (Å²) in [6.45, 7) is 6.44. The highest BCUT2D eigenvalue weighted by Gasteiger charge is 2.41. The maximum absolute atomic E-state index is 11.6. The Labute approximate surface area is 100 Å². The molecule has 1 heterocycles. The van der Waals surface area contributed by atoms with E-state index in [1.165, 1.54) is 0 Å². The van der Waals surface area contributed by atoms with Crippen LogP contribution in [0.2, 0.25) is 0 Å². The highest BCUT2D eigenvalue weighted by Crippen LogP contribution is 2.20. The first-order valence-corrected chi connectivity index (χ1v) is 5.48. The molecule has 17 heavy (non-hydrogen) atoms. The zero-order valence-corrected chi connectivity index (χ0v) is 9.91. The van der Waals surface area contributed by atoms with E-state index in [0.717, 1.165) is 5.57 Å². The van der Waals surface area contributed by atoms with Crippen LogP contribution in [0.15, 0.2) is 12.2 Å². The number of carboxylic acids is 1. The maximum atomic E-state index is 11.6. The first kappa shape index (κ1) is 13.5. The number of hydrogen-bond acceptors (Lipinski definition) is 3. The van der Waals surface area contributed by atoms with Crippen molar-refractivity contribution in [2.24, 2.45) is 0 Å². The SMILES string of the molecule is C=C(C)CNC(=O)NC1(C(=O)O)CCOCC1. The Morgan fingerprint density at radius 3 is 2.47 bits per heavy atom. The van der Waals surface area contributed by atoms with Crippen molar-refractivity contribution in [3.63, 3.8) is 0 Å². The monoisotopic (exact) mass is 242 g/mol. The van der Waals surface area contributed by atoms with Gasteiger partial charge in [-0.3, -0.25) is 0 Å². The quantitative estimate of drug-likeness (QED) is 0.626. The molecule has 0 radical (unpaired) electrons. The molecule has 0 aromatic heterocycles. The lowest BCUT2D eigenvalue weighted by molar-refractivity contribution is -0.148. The van der Waals surface area contributed by atoms with Gasteiger partial charge >= 0.3 is 12.0 Å². The number of ether oxygens (including phenoxy) is 1. The third-order valence-corrected chi connectivity index (χ3v) is 2.66. The van der Waals surface area contributed by atoms with Crippen LogP contribution in [-0.4, -0.2) is 42.4 Å². The maximum Gasteiger partial charge on any atom is 0.329 e. The molecule has 0 spiro atoms. The minimum Gasteiger partial charge on any atom is -0.480 e. The minimum atomic E-state index is -1.21. The molecule has 0 unspecified atom stereocenters. The molecule has 0 bridgehead atoms. The molecule has 1 fully saturated rings. The van der Waals surface area contributed by atoms with Gasteiger partial charge in [0.25, 0.3) is 0 Å². The topological polar surface area (TPSA) is 87.7 Å². The van der Waals surface area contributed by atoms with Crippen LogP contribution in [0.5, 0.6) is 0 Å². The summed E-state index contributed by atoms with van der Waals surface area (Å²) in [7, 11) is 0. The molecule has 0 aromatic rings. The Hall–Kier alpha value is -1.56. The molecule has 0 aromatic carbocycles. The van der Waals surface area contributed by atoms with E-state index in [4.69, 9.17) is 4.74 Å². The van der Waals surface area contributed by atoms with Gasteiger partial charge in [-0.2, -0.15) is 0 Å². The summed E-state index contributed by atoms with van der Waals surface area (Å²) in [4.78, 5) is 22.8. The van der Waals surface area contributed by atoms with Gasteiger partial charge in [0.2, 0.25) is 0 Å². The second-order valence-corrected chi connectivity index (χ2v) is 4.26. The number of carboxylic acid groups (broad SMARTS) is 1. The fourth-order valence-electron chi connectivity index (χ4n) is 1.60. The number of carbonyl (C=O) groups excluding carboxylic acids is 1. The molecule has 1 rings (SSSR count). The predicted octanol–water partition coefficient (Wildman–Crippen LogP) is 0.495. The molecule has 6 heteroatoms. The first-order valence-electron chi connectivity index (χ1n) is 5.48. The summed E-state index contributed by atoms with van der Waals surface area (Å²) in [6.07, 6.45) is 0.561. The van der Waals surface area contributed by atoms with E-state index in [9.17, 15) is 14.7 Å². The summed E-state index contributed by atoms with van der Waals surface area (Å²) in [5.74, 6) is -1.02. The summed E-state index contributed by atoms with van der Waals surface area (Å²) in [5, 5.41) is 14.3. The Kier molecular flexibility index (Phi) is 4.51. The van der Waals surface area contributed by atoms with Gasteiger partial charge in [-0.15, -0.1) is 0 Å². The number of rotatable bonds is 4. The van der Waals surface area contributed by atoms with E-state index in [0.29, 0.717) is 19.8 Å². The molecule has 0 atom stereocenters. The lowest BCUT2D eigenvalue weighted by Gasteiger charge is -2.33. The number of hydrogen-bond donors (Lipinski definition) is 3. The predicted molar refractivity (Wildman–Crippen MR) is 61.8 cm³/mol. The average molecular weight is 242 g/mol. The number of aliphatic carboxylic acids is 1. The van der Waals surface area contributed by atoms with E-state index in [-0.39, 0.29) is 12.8 Å². The first-order chi connectivity index (χ1) is 7.96. The van der Waals surface area contributed by atoms with Crippen LogP contribution >= 0.6 is 0 Å². The standard InChI is InChI=1S/C11H18N2O4/c1-8(2)7-12-10(16)13-11(9(14)15)3-5-17-6-4-11/h1,3-7H2,2H3,(H,14,15)(H2,12,13,16). The van der Waals surface area contributed by atoms with E-state index >= 15 is 0 Å². The molecule has 0 aliphatic carbocycles. The number of carbonyl (C=O) groups is 2. The Morgan fingerprint density at radius 1 is 1.41 bits per heavy atom. The Bertz CT molecular complexity index is 321. The molecule has 1 saturated heterocycles. The van der Waals surface area contributed by atoms with Crippen molar-refractivity contribution >= 4 is 12.0 Å². The summed E-state index contributed by atoms with van der Waals surface area (Å²) >= 11 is 0. The normalized spacial score (nSPS) is 18.2. The molecule has 1 aliphatic rings. The number of nitrogens with one attached hydrogen (secondary N) is 2. The van der Waals surface area contributed by atoms with Gasteiger partial charge in [0.1, 0.15) is 5.54 Å². The van der Waals surface area contributed by atoms with Crippen molar-refractivity contribution in [2.75, 3.05) is 19.8 Å². The summed E-state index contributed by atoms with van der Waals surface area (Å²) in [6, 6.07) is -0.489. The van der Waals surface area contributed by atoms with E-state index in [2.05, 4.69) is 17.2 Å². The van der Waals surface area contributed by atoms with E-state index < -0.39 is 17.5 Å². The van der Waals surface area contributed by atoms with Crippen LogP contribution in [0.1, 0.15) is 19.8 Å². The molecular formula is C11H18N2O4. The fourth-order valence-corrected chi connectivity index (χ4v) is 1.60. The average Bonchev–Trinajstić information content (AvgIpc) is 2.27. The van der Waals surface area contributed by atoms with Crippen LogP contribution in [0.25, 0.3) is 0 Å². The molecule has 96 valence electrons. The van der Waals surface area contributed by atoms with Gasteiger partial charge < -0.3 is 20.5 Å². The largest absolute Gasteiger partial charge is 0.480 e. The van der Waals surface area contributed by atoms with Crippen LogP contribution < -0.4 is 10.6 Å². The van der Waals surface area contributed by atoms with Crippen LogP contribution in [0.3, 0.4) is 0 Å². The molecule has 3 N–H and O–H groups in total. The van der Waals surface area contributed by atoms with Gasteiger partial charge in [-0.25, -0.2) is 9.59 Å². The van der Waals surface area contributed by atoms with Crippen LogP contribution in [-0.2, 0) is 9.53 Å². The Morgan fingerprint density at radius 2 is 2.00 bits per heavy atom.